The van der Waals surface area contributed by atoms with E-state index in [1.54, 1.807) is 43.4 Å². The first kappa shape index (κ1) is 22.0. The topological polar surface area (TPSA) is 69.0 Å². The number of nitrogens with one attached hydrogen (secondary N) is 1. The summed E-state index contributed by atoms with van der Waals surface area (Å²) in [5.41, 5.74) is 4.49. The minimum absolute atomic E-state index is 0.116. The lowest BCUT2D eigenvalue weighted by Crippen LogP contribution is -2.26. The van der Waals surface area contributed by atoms with Gasteiger partial charge in [-0.1, -0.05) is 36.0 Å². The van der Waals surface area contributed by atoms with Crippen LogP contribution >= 0.6 is 11.8 Å². The smallest absolute Gasteiger partial charge is 0.251 e. The van der Waals surface area contributed by atoms with E-state index < -0.39 is 0 Å². The Morgan fingerprint density at radius 3 is 2.59 bits per heavy atom. The molecule has 0 aliphatic heterocycles. The van der Waals surface area contributed by atoms with Gasteiger partial charge in [0.05, 0.1) is 30.4 Å². The highest BCUT2D eigenvalue weighted by molar-refractivity contribution is 7.98. The second-order valence-electron chi connectivity index (χ2n) is 7.21. The number of benzene rings is 2. The van der Waals surface area contributed by atoms with Crippen LogP contribution in [-0.2, 0) is 17.0 Å². The summed E-state index contributed by atoms with van der Waals surface area (Å²) in [7, 11) is 1.60. The normalized spacial score (nSPS) is 11.1. The molecule has 0 atom stereocenters. The third-order valence-electron chi connectivity index (χ3n) is 4.95. The molecule has 0 unspecified atom stereocenters. The molecule has 2 heterocycles. The molecule has 0 spiro atoms. The van der Waals surface area contributed by atoms with Crippen LogP contribution in [0.1, 0.15) is 21.5 Å². The Labute approximate surface area is 189 Å². The van der Waals surface area contributed by atoms with Crippen molar-refractivity contribution in [2.75, 3.05) is 20.3 Å². The zero-order valence-corrected chi connectivity index (χ0v) is 18.4. The lowest BCUT2D eigenvalue weighted by molar-refractivity contribution is 0.0937. The van der Waals surface area contributed by atoms with E-state index in [9.17, 15) is 9.18 Å². The van der Waals surface area contributed by atoms with Crippen LogP contribution < -0.4 is 5.32 Å². The standard InChI is InChI=1S/C24H23FN4O2S/c1-31-13-12-27-23(30)19-6-2-18(3-7-19)16-32-24-28-21-10-11-26-14-22(21)29(24)15-17-4-8-20(25)9-5-17/h2-11,14H,12-13,15-16H2,1H3,(H,27,30). The monoisotopic (exact) mass is 450 g/mol. The molecule has 164 valence electrons. The molecule has 0 radical (unpaired) electrons. The average Bonchev–Trinajstić information content (AvgIpc) is 3.17. The second-order valence-corrected chi connectivity index (χ2v) is 8.15. The summed E-state index contributed by atoms with van der Waals surface area (Å²) in [5.74, 6) is 0.331. The Kier molecular flexibility index (Phi) is 7.14. The number of methoxy groups -OCH3 is 1. The lowest BCUT2D eigenvalue weighted by Gasteiger charge is -2.10. The van der Waals surface area contributed by atoms with Gasteiger partial charge in [-0.05, 0) is 41.5 Å². The average molecular weight is 451 g/mol. The summed E-state index contributed by atoms with van der Waals surface area (Å²) < 4.78 is 20.3. The number of thioether (sulfide) groups is 1. The number of halogens is 1. The van der Waals surface area contributed by atoms with Crippen LogP contribution in [0.25, 0.3) is 11.0 Å². The molecule has 0 saturated carbocycles. The summed E-state index contributed by atoms with van der Waals surface area (Å²) in [6.07, 6.45) is 3.52. The van der Waals surface area contributed by atoms with Gasteiger partial charge in [0, 0.05) is 31.2 Å². The fourth-order valence-electron chi connectivity index (χ4n) is 3.25. The summed E-state index contributed by atoms with van der Waals surface area (Å²) in [6.45, 7) is 1.53. The first-order valence-corrected chi connectivity index (χ1v) is 11.2. The van der Waals surface area contributed by atoms with E-state index in [4.69, 9.17) is 9.72 Å². The van der Waals surface area contributed by atoms with Crippen LogP contribution in [0.2, 0.25) is 0 Å². The van der Waals surface area contributed by atoms with Gasteiger partial charge in [0.15, 0.2) is 5.16 Å². The maximum Gasteiger partial charge on any atom is 0.251 e. The van der Waals surface area contributed by atoms with Gasteiger partial charge in [-0.15, -0.1) is 0 Å². The fourth-order valence-corrected chi connectivity index (χ4v) is 4.22. The van der Waals surface area contributed by atoms with E-state index in [-0.39, 0.29) is 11.7 Å². The second kappa shape index (κ2) is 10.4. The number of hydrogen-bond donors (Lipinski definition) is 1. The largest absolute Gasteiger partial charge is 0.383 e. The van der Waals surface area contributed by atoms with Crippen molar-refractivity contribution in [2.24, 2.45) is 0 Å². The van der Waals surface area contributed by atoms with Gasteiger partial charge >= 0.3 is 0 Å². The van der Waals surface area contributed by atoms with E-state index >= 15 is 0 Å². The van der Waals surface area contributed by atoms with Crippen molar-refractivity contribution in [2.45, 2.75) is 17.5 Å². The Morgan fingerprint density at radius 2 is 1.84 bits per heavy atom. The van der Waals surface area contributed by atoms with Crippen LogP contribution in [0.3, 0.4) is 0 Å². The number of hydrogen-bond acceptors (Lipinski definition) is 5. The molecule has 1 amide bonds. The van der Waals surface area contributed by atoms with Gasteiger partial charge < -0.3 is 14.6 Å². The number of fused-ring (bicyclic) bond motifs is 1. The quantitative estimate of drug-likeness (QED) is 0.304. The molecular weight excluding hydrogens is 427 g/mol. The van der Waals surface area contributed by atoms with Gasteiger partial charge in [0.25, 0.3) is 5.91 Å². The first-order chi connectivity index (χ1) is 15.6. The van der Waals surface area contributed by atoms with Crippen LogP contribution in [0.4, 0.5) is 4.39 Å². The maximum absolute atomic E-state index is 13.3. The highest BCUT2D eigenvalue weighted by atomic mass is 32.2. The lowest BCUT2D eigenvalue weighted by atomic mass is 10.1. The van der Waals surface area contributed by atoms with Gasteiger partial charge in [0.2, 0.25) is 0 Å². The Morgan fingerprint density at radius 1 is 1.09 bits per heavy atom. The van der Waals surface area contributed by atoms with Crippen molar-refractivity contribution in [1.29, 1.82) is 0 Å². The summed E-state index contributed by atoms with van der Waals surface area (Å²) in [5, 5.41) is 3.67. The van der Waals surface area contributed by atoms with Crippen molar-refractivity contribution in [3.05, 3.63) is 89.5 Å². The number of imidazole rings is 1. The van der Waals surface area contributed by atoms with Gasteiger partial charge in [-0.3, -0.25) is 9.78 Å². The molecule has 0 saturated heterocycles. The number of carbonyl (C=O) groups excluding carboxylic acids is 1. The molecule has 0 aliphatic rings. The van der Waals surface area contributed by atoms with Gasteiger partial charge in [-0.25, -0.2) is 9.37 Å². The summed E-state index contributed by atoms with van der Waals surface area (Å²) >= 11 is 1.61. The number of carbonyl (C=O) groups is 1. The van der Waals surface area contributed by atoms with E-state index in [0.29, 0.717) is 31.0 Å². The Hall–Kier alpha value is -3.23. The number of pyridine rings is 1. The van der Waals surface area contributed by atoms with Crippen molar-refractivity contribution in [3.63, 3.8) is 0 Å². The minimum atomic E-state index is -0.253. The van der Waals surface area contributed by atoms with Crippen LogP contribution in [0.15, 0.2) is 72.1 Å². The predicted octanol–water partition coefficient (Wildman–Crippen LogP) is 4.29. The molecule has 2 aromatic carbocycles. The number of nitrogens with zero attached hydrogens (tertiary/aromatic N) is 3. The third kappa shape index (κ3) is 5.33. The number of ether oxygens (including phenoxy) is 1. The SMILES string of the molecule is COCCNC(=O)c1ccc(CSc2nc3ccncc3n2Cc2ccc(F)cc2)cc1. The molecule has 1 N–H and O–H groups in total. The van der Waals surface area contributed by atoms with Crippen molar-refractivity contribution in [3.8, 4) is 0 Å². The molecular formula is C24H23FN4O2S. The van der Waals surface area contributed by atoms with E-state index in [1.165, 1.54) is 12.1 Å². The van der Waals surface area contributed by atoms with Crippen LogP contribution in [-0.4, -0.2) is 40.7 Å². The Balaban J connectivity index is 1.48. The van der Waals surface area contributed by atoms with Gasteiger partial charge in [-0.2, -0.15) is 0 Å². The molecule has 2 aromatic heterocycles. The van der Waals surface area contributed by atoms with Crippen LogP contribution in [0.5, 0.6) is 0 Å². The summed E-state index contributed by atoms with van der Waals surface area (Å²) in [4.78, 5) is 21.1. The zero-order valence-electron chi connectivity index (χ0n) is 17.6. The van der Waals surface area contributed by atoms with Gasteiger partial charge in [0.1, 0.15) is 5.82 Å². The highest BCUT2D eigenvalue weighted by Gasteiger charge is 2.13. The van der Waals surface area contributed by atoms with E-state index in [2.05, 4.69) is 14.9 Å². The van der Waals surface area contributed by atoms with Crippen molar-refractivity contribution in [1.82, 2.24) is 19.9 Å². The number of aromatic nitrogens is 3. The molecule has 0 bridgehead atoms. The van der Waals surface area contributed by atoms with E-state index in [1.807, 2.05) is 30.3 Å². The molecule has 0 aliphatic carbocycles. The molecule has 8 heteroatoms. The maximum atomic E-state index is 13.3. The fraction of sp³-hybridized carbons (Fsp3) is 0.208. The summed E-state index contributed by atoms with van der Waals surface area (Å²) in [6, 6.07) is 15.9. The molecule has 4 aromatic rings. The van der Waals surface area contributed by atoms with Crippen LogP contribution in [0, 0.1) is 5.82 Å². The van der Waals surface area contributed by atoms with Crippen molar-refractivity contribution < 1.29 is 13.9 Å². The highest BCUT2D eigenvalue weighted by Crippen LogP contribution is 2.27. The molecule has 6 nitrogen and oxygen atoms in total. The zero-order chi connectivity index (χ0) is 22.3. The molecule has 4 rings (SSSR count). The molecule has 32 heavy (non-hydrogen) atoms. The first-order valence-electron chi connectivity index (χ1n) is 10.2. The Bertz CT molecular complexity index is 1190. The number of amides is 1. The van der Waals surface area contributed by atoms with E-state index in [0.717, 1.165) is 27.3 Å². The predicted molar refractivity (Wildman–Crippen MR) is 123 cm³/mol. The van der Waals surface area contributed by atoms with Crippen molar-refractivity contribution >= 4 is 28.7 Å². The third-order valence-corrected chi connectivity index (χ3v) is 5.99. The number of rotatable bonds is 9. The minimum Gasteiger partial charge on any atom is -0.383 e. The molecule has 0 fully saturated rings.